The van der Waals surface area contributed by atoms with Gasteiger partial charge in [-0.15, -0.1) is 0 Å². The third-order valence-electron chi connectivity index (χ3n) is 4.79. The van der Waals surface area contributed by atoms with Gasteiger partial charge < -0.3 is 0 Å². The van der Waals surface area contributed by atoms with Crippen molar-refractivity contribution in [1.29, 1.82) is 0 Å². The van der Waals surface area contributed by atoms with Gasteiger partial charge in [-0.3, -0.25) is 0 Å². The molecule has 4 rings (SSSR count). The molecule has 0 saturated carbocycles. The van der Waals surface area contributed by atoms with E-state index in [1.165, 1.54) is 33.4 Å². The number of aromatic nitrogens is 1. The van der Waals surface area contributed by atoms with E-state index in [1.807, 2.05) is 6.07 Å². The first-order chi connectivity index (χ1) is 13.2. The van der Waals surface area contributed by atoms with Gasteiger partial charge >= 0.3 is 0 Å². The molecule has 1 nitrogen and oxygen atoms in total. The first-order valence-electron chi connectivity index (χ1n) is 9.13. The molecule has 2 heteroatoms. The fraction of sp³-hybridized carbons (Fsp3) is 0.0800. The van der Waals surface area contributed by atoms with E-state index in [-0.39, 0.29) is 0 Å². The van der Waals surface area contributed by atoms with E-state index >= 15 is 0 Å². The average molecular weight is 369 g/mol. The molecule has 0 aliphatic rings. The van der Waals surface area contributed by atoms with Crippen LogP contribution in [-0.2, 0) is 6.54 Å². The van der Waals surface area contributed by atoms with E-state index in [1.54, 1.807) is 0 Å². The van der Waals surface area contributed by atoms with E-state index in [0.29, 0.717) is 0 Å². The third kappa shape index (κ3) is 3.96. The number of benzene rings is 3. The van der Waals surface area contributed by atoms with Crippen molar-refractivity contribution in [3.8, 4) is 22.3 Å². The summed E-state index contributed by atoms with van der Waals surface area (Å²) in [6.45, 7) is 2.91. The third-order valence-corrected chi connectivity index (χ3v) is 5.17. The van der Waals surface area contributed by atoms with E-state index in [2.05, 4.69) is 103 Å². The molecule has 132 valence electrons. The first kappa shape index (κ1) is 17.6. The van der Waals surface area contributed by atoms with E-state index in [9.17, 15) is 0 Å². The number of pyridine rings is 1. The number of nitrogens with zero attached hydrogens (tertiary/aromatic N) is 1. The summed E-state index contributed by atoms with van der Waals surface area (Å²) < 4.78 is 2.21. The molecule has 0 aliphatic heterocycles. The molecule has 0 spiro atoms. The van der Waals surface area contributed by atoms with Crippen LogP contribution in [-0.4, -0.2) is 0 Å². The maximum Gasteiger partial charge on any atom is 0.237 e. The molecule has 4 aromatic rings. The predicted octanol–water partition coefficient (Wildman–Crippen LogP) is 5.95. The molecule has 0 unspecified atom stereocenters. The van der Waals surface area contributed by atoms with Crippen LogP contribution in [0.2, 0.25) is 0 Å². The Morgan fingerprint density at radius 2 is 1.26 bits per heavy atom. The summed E-state index contributed by atoms with van der Waals surface area (Å²) in [5, 5.41) is 0.953. The van der Waals surface area contributed by atoms with Crippen molar-refractivity contribution in [3.63, 3.8) is 0 Å². The van der Waals surface area contributed by atoms with Crippen LogP contribution in [0.5, 0.6) is 0 Å². The van der Waals surface area contributed by atoms with Gasteiger partial charge in [0.25, 0.3) is 0 Å². The van der Waals surface area contributed by atoms with Gasteiger partial charge in [-0.05, 0) is 18.1 Å². The molecule has 0 atom stereocenters. The van der Waals surface area contributed by atoms with Gasteiger partial charge in [-0.2, -0.15) is 4.57 Å². The van der Waals surface area contributed by atoms with Crippen LogP contribution in [0, 0.1) is 6.92 Å². The van der Waals surface area contributed by atoms with Crippen molar-refractivity contribution >= 4 is 12.6 Å². The van der Waals surface area contributed by atoms with Crippen molar-refractivity contribution in [1.82, 2.24) is 0 Å². The lowest BCUT2D eigenvalue weighted by Gasteiger charge is -2.11. The molecular formula is C25H22NS+. The first-order valence-corrected chi connectivity index (χ1v) is 9.58. The summed E-state index contributed by atoms with van der Waals surface area (Å²) >= 11 is 4.79. The Kier molecular flexibility index (Phi) is 5.08. The summed E-state index contributed by atoms with van der Waals surface area (Å²) in [5.74, 6) is 0. The zero-order valence-electron chi connectivity index (χ0n) is 15.3. The van der Waals surface area contributed by atoms with Gasteiger partial charge in [0.2, 0.25) is 5.03 Å². The quantitative estimate of drug-likeness (QED) is 0.335. The van der Waals surface area contributed by atoms with Crippen molar-refractivity contribution in [2.45, 2.75) is 18.5 Å². The van der Waals surface area contributed by atoms with Gasteiger partial charge in [0, 0.05) is 17.2 Å². The van der Waals surface area contributed by atoms with E-state index in [4.69, 9.17) is 12.6 Å². The zero-order valence-corrected chi connectivity index (χ0v) is 16.2. The SMILES string of the molecule is Cc1ccc(C[n+]2cc(-c3ccccc3)c(-c3ccccc3)cc2S)cc1. The van der Waals surface area contributed by atoms with Gasteiger partial charge in [0.05, 0.1) is 5.56 Å². The topological polar surface area (TPSA) is 3.88 Å². The van der Waals surface area contributed by atoms with Crippen LogP contribution in [0.1, 0.15) is 11.1 Å². The average Bonchev–Trinajstić information content (AvgIpc) is 2.72. The van der Waals surface area contributed by atoms with Gasteiger partial charge in [-0.25, -0.2) is 0 Å². The lowest BCUT2D eigenvalue weighted by Crippen LogP contribution is -2.36. The van der Waals surface area contributed by atoms with Crippen LogP contribution in [0.15, 0.2) is 102 Å². The summed E-state index contributed by atoms with van der Waals surface area (Å²) in [6.07, 6.45) is 2.22. The highest BCUT2D eigenvalue weighted by Gasteiger charge is 2.17. The summed E-state index contributed by atoms with van der Waals surface area (Å²) in [4.78, 5) is 0. The normalized spacial score (nSPS) is 10.7. The Bertz CT molecular complexity index is 1040. The minimum absolute atomic E-state index is 0.800. The smallest absolute Gasteiger partial charge is 0.188 e. The Hall–Kier alpha value is -2.84. The highest BCUT2D eigenvalue weighted by molar-refractivity contribution is 7.80. The molecule has 1 heterocycles. The minimum Gasteiger partial charge on any atom is -0.188 e. The van der Waals surface area contributed by atoms with Crippen LogP contribution < -0.4 is 4.57 Å². The molecule has 0 radical (unpaired) electrons. The van der Waals surface area contributed by atoms with Crippen molar-refractivity contribution in [3.05, 3.63) is 108 Å². The second-order valence-corrected chi connectivity index (χ2v) is 7.26. The highest BCUT2D eigenvalue weighted by atomic mass is 32.1. The molecule has 0 N–H and O–H groups in total. The van der Waals surface area contributed by atoms with Gasteiger partial charge in [0.1, 0.15) is 0 Å². The molecule has 0 amide bonds. The molecule has 3 aromatic carbocycles. The lowest BCUT2D eigenvalue weighted by atomic mass is 9.96. The summed E-state index contributed by atoms with van der Waals surface area (Å²) in [7, 11) is 0. The Labute approximate surface area is 166 Å². The second-order valence-electron chi connectivity index (χ2n) is 6.80. The van der Waals surface area contributed by atoms with Crippen molar-refractivity contribution < 1.29 is 4.57 Å². The number of rotatable bonds is 4. The van der Waals surface area contributed by atoms with Crippen molar-refractivity contribution in [2.75, 3.05) is 0 Å². The number of hydrogen-bond donors (Lipinski definition) is 1. The molecule has 0 bridgehead atoms. The molecule has 0 aliphatic carbocycles. The largest absolute Gasteiger partial charge is 0.237 e. The van der Waals surface area contributed by atoms with Crippen LogP contribution in [0.3, 0.4) is 0 Å². The fourth-order valence-corrected chi connectivity index (χ4v) is 3.56. The molecule has 0 fully saturated rings. The van der Waals surface area contributed by atoms with Crippen LogP contribution in [0.4, 0.5) is 0 Å². The lowest BCUT2D eigenvalue weighted by molar-refractivity contribution is -0.723. The summed E-state index contributed by atoms with van der Waals surface area (Å²) in [5.41, 5.74) is 7.38. The maximum atomic E-state index is 4.79. The zero-order chi connectivity index (χ0) is 18.6. The summed E-state index contributed by atoms with van der Waals surface area (Å²) in [6, 6.07) is 31.9. The maximum absolute atomic E-state index is 4.79. The standard InChI is InChI=1S/C25H21NS/c1-19-12-14-20(15-13-19)17-26-18-24(22-10-6-3-7-11-22)23(16-25(26)27)21-8-4-2-5-9-21/h2-16,18H,17H2,1H3/p+1. The van der Waals surface area contributed by atoms with E-state index < -0.39 is 0 Å². The number of aryl methyl sites for hydroxylation is 1. The highest BCUT2D eigenvalue weighted by Crippen LogP contribution is 2.32. The number of hydrogen-bond acceptors (Lipinski definition) is 1. The van der Waals surface area contributed by atoms with Crippen molar-refractivity contribution in [2.24, 2.45) is 0 Å². The van der Waals surface area contributed by atoms with Gasteiger partial charge in [-0.1, -0.05) is 103 Å². The van der Waals surface area contributed by atoms with Gasteiger partial charge in [0.15, 0.2) is 12.7 Å². The Morgan fingerprint density at radius 1 is 0.704 bits per heavy atom. The fourth-order valence-electron chi connectivity index (χ4n) is 3.30. The monoisotopic (exact) mass is 368 g/mol. The molecule has 27 heavy (non-hydrogen) atoms. The Balaban J connectivity index is 1.84. The molecule has 1 aromatic heterocycles. The second kappa shape index (κ2) is 7.81. The van der Waals surface area contributed by atoms with E-state index in [0.717, 1.165) is 11.6 Å². The predicted molar refractivity (Wildman–Crippen MR) is 115 cm³/mol. The molecule has 0 saturated heterocycles. The molecular weight excluding hydrogens is 346 g/mol. The number of thiol groups is 1. The van der Waals surface area contributed by atoms with Crippen LogP contribution >= 0.6 is 12.6 Å². The van der Waals surface area contributed by atoms with Crippen LogP contribution in [0.25, 0.3) is 22.3 Å². The minimum atomic E-state index is 0.800. The Morgan fingerprint density at radius 3 is 1.85 bits per heavy atom.